The van der Waals surface area contributed by atoms with Crippen molar-refractivity contribution in [3.8, 4) is 0 Å². The van der Waals surface area contributed by atoms with E-state index in [2.05, 4.69) is 10.3 Å². The standard InChI is InChI=1S/C13H21N3O/c1-9(2)11(14)8-13(17)16-10(3)12-6-4-5-7-15-12/h4-7,9-11H,8,14H2,1-3H3,(H,16,17)/t10-,11?/m0/s1. The van der Waals surface area contributed by atoms with E-state index in [1.807, 2.05) is 39.0 Å². The lowest BCUT2D eigenvalue weighted by Gasteiger charge is -2.17. The second kappa shape index (κ2) is 6.35. The highest BCUT2D eigenvalue weighted by Gasteiger charge is 2.15. The van der Waals surface area contributed by atoms with Crippen molar-refractivity contribution in [2.24, 2.45) is 11.7 Å². The molecule has 0 aliphatic carbocycles. The Bertz CT molecular complexity index is 351. The Kier molecular flexibility index (Phi) is 5.10. The molecule has 1 aromatic rings. The number of rotatable bonds is 5. The maximum Gasteiger partial charge on any atom is 0.222 e. The van der Waals surface area contributed by atoms with Gasteiger partial charge in [-0.15, -0.1) is 0 Å². The highest BCUT2D eigenvalue weighted by atomic mass is 16.1. The van der Waals surface area contributed by atoms with Crippen molar-refractivity contribution in [3.63, 3.8) is 0 Å². The maximum absolute atomic E-state index is 11.7. The van der Waals surface area contributed by atoms with Gasteiger partial charge in [-0.1, -0.05) is 19.9 Å². The number of aromatic nitrogens is 1. The molecule has 2 atom stereocenters. The highest BCUT2D eigenvalue weighted by Crippen LogP contribution is 2.09. The number of carbonyl (C=O) groups is 1. The first-order valence-electron chi connectivity index (χ1n) is 5.96. The van der Waals surface area contributed by atoms with Crippen LogP contribution >= 0.6 is 0 Å². The van der Waals surface area contributed by atoms with E-state index in [0.29, 0.717) is 12.3 Å². The third-order valence-electron chi connectivity index (χ3n) is 2.79. The lowest BCUT2D eigenvalue weighted by molar-refractivity contribution is -0.122. The number of nitrogens with two attached hydrogens (primary N) is 1. The van der Waals surface area contributed by atoms with E-state index in [-0.39, 0.29) is 18.0 Å². The van der Waals surface area contributed by atoms with Gasteiger partial charge in [0.15, 0.2) is 0 Å². The lowest BCUT2D eigenvalue weighted by atomic mass is 10.0. The first-order valence-corrected chi connectivity index (χ1v) is 5.96. The molecule has 3 N–H and O–H groups in total. The van der Waals surface area contributed by atoms with Gasteiger partial charge in [-0.2, -0.15) is 0 Å². The van der Waals surface area contributed by atoms with Crippen LogP contribution in [0.4, 0.5) is 0 Å². The van der Waals surface area contributed by atoms with E-state index < -0.39 is 0 Å². The van der Waals surface area contributed by atoms with Gasteiger partial charge >= 0.3 is 0 Å². The number of pyridine rings is 1. The van der Waals surface area contributed by atoms with Crippen molar-refractivity contribution in [1.82, 2.24) is 10.3 Å². The van der Waals surface area contributed by atoms with E-state index in [1.165, 1.54) is 0 Å². The van der Waals surface area contributed by atoms with E-state index in [9.17, 15) is 4.79 Å². The van der Waals surface area contributed by atoms with Gasteiger partial charge in [0, 0.05) is 18.7 Å². The van der Waals surface area contributed by atoms with Crippen LogP contribution < -0.4 is 11.1 Å². The minimum absolute atomic E-state index is 0.0237. The summed E-state index contributed by atoms with van der Waals surface area (Å²) >= 11 is 0. The van der Waals surface area contributed by atoms with Gasteiger partial charge in [0.25, 0.3) is 0 Å². The molecule has 1 rings (SSSR count). The van der Waals surface area contributed by atoms with Crippen LogP contribution in [-0.4, -0.2) is 16.9 Å². The molecule has 1 heterocycles. The van der Waals surface area contributed by atoms with Crippen LogP contribution in [0.2, 0.25) is 0 Å². The monoisotopic (exact) mass is 235 g/mol. The summed E-state index contributed by atoms with van der Waals surface area (Å²) in [6.07, 6.45) is 2.08. The minimum Gasteiger partial charge on any atom is -0.348 e. The Morgan fingerprint density at radius 1 is 1.41 bits per heavy atom. The fourth-order valence-electron chi connectivity index (χ4n) is 1.46. The zero-order valence-electron chi connectivity index (χ0n) is 10.7. The Hall–Kier alpha value is -1.42. The number of amides is 1. The fraction of sp³-hybridized carbons (Fsp3) is 0.538. The molecule has 0 fully saturated rings. The fourth-order valence-corrected chi connectivity index (χ4v) is 1.46. The van der Waals surface area contributed by atoms with Crippen LogP contribution in [0, 0.1) is 5.92 Å². The highest BCUT2D eigenvalue weighted by molar-refractivity contribution is 5.77. The van der Waals surface area contributed by atoms with Crippen molar-refractivity contribution in [3.05, 3.63) is 30.1 Å². The van der Waals surface area contributed by atoms with Gasteiger partial charge in [0.1, 0.15) is 0 Å². The number of nitrogens with zero attached hydrogens (tertiary/aromatic N) is 1. The molecule has 0 aromatic carbocycles. The molecule has 0 aliphatic rings. The summed E-state index contributed by atoms with van der Waals surface area (Å²) in [5.41, 5.74) is 6.72. The van der Waals surface area contributed by atoms with Crippen molar-refractivity contribution < 1.29 is 4.79 Å². The molecule has 0 aliphatic heterocycles. The predicted octanol–water partition coefficient (Wildman–Crippen LogP) is 1.63. The SMILES string of the molecule is CC(C)C(N)CC(=O)N[C@@H](C)c1ccccn1. The third-order valence-corrected chi connectivity index (χ3v) is 2.79. The van der Waals surface area contributed by atoms with Gasteiger partial charge in [0.2, 0.25) is 5.91 Å². The summed E-state index contributed by atoms with van der Waals surface area (Å²) in [6.45, 7) is 5.95. The zero-order valence-corrected chi connectivity index (χ0v) is 10.7. The van der Waals surface area contributed by atoms with Gasteiger partial charge < -0.3 is 11.1 Å². The molecule has 0 saturated heterocycles. The normalized spacial score (nSPS) is 14.4. The molecule has 17 heavy (non-hydrogen) atoms. The topological polar surface area (TPSA) is 68.0 Å². The quantitative estimate of drug-likeness (QED) is 0.815. The Labute approximate surface area is 103 Å². The van der Waals surface area contributed by atoms with Crippen LogP contribution in [0.15, 0.2) is 24.4 Å². The van der Waals surface area contributed by atoms with Crippen LogP contribution in [0.3, 0.4) is 0 Å². The van der Waals surface area contributed by atoms with Crippen molar-refractivity contribution in [2.45, 2.75) is 39.3 Å². The predicted molar refractivity (Wildman–Crippen MR) is 68.2 cm³/mol. The van der Waals surface area contributed by atoms with Crippen LogP contribution in [0.5, 0.6) is 0 Å². The molecule has 0 saturated carbocycles. The summed E-state index contributed by atoms with van der Waals surface area (Å²) in [5.74, 6) is 0.287. The van der Waals surface area contributed by atoms with Crippen LogP contribution in [-0.2, 0) is 4.79 Å². The summed E-state index contributed by atoms with van der Waals surface area (Å²) < 4.78 is 0. The van der Waals surface area contributed by atoms with Gasteiger partial charge in [-0.3, -0.25) is 9.78 Å². The summed E-state index contributed by atoms with van der Waals surface area (Å²) in [6, 6.07) is 5.49. The molecule has 1 amide bonds. The maximum atomic E-state index is 11.7. The van der Waals surface area contributed by atoms with E-state index in [4.69, 9.17) is 5.73 Å². The molecule has 0 radical (unpaired) electrons. The van der Waals surface area contributed by atoms with Crippen molar-refractivity contribution in [1.29, 1.82) is 0 Å². The summed E-state index contributed by atoms with van der Waals surface area (Å²) in [4.78, 5) is 15.9. The molecule has 1 unspecified atom stereocenters. The summed E-state index contributed by atoms with van der Waals surface area (Å²) in [5, 5.41) is 2.90. The lowest BCUT2D eigenvalue weighted by Crippen LogP contribution is -2.36. The summed E-state index contributed by atoms with van der Waals surface area (Å²) in [7, 11) is 0. The largest absolute Gasteiger partial charge is 0.348 e. The molecule has 0 spiro atoms. The first-order chi connectivity index (χ1) is 8.00. The average molecular weight is 235 g/mol. The van der Waals surface area contributed by atoms with Crippen molar-refractivity contribution in [2.75, 3.05) is 0 Å². The van der Waals surface area contributed by atoms with E-state index >= 15 is 0 Å². The molecule has 4 heteroatoms. The van der Waals surface area contributed by atoms with Crippen molar-refractivity contribution >= 4 is 5.91 Å². The molecule has 4 nitrogen and oxygen atoms in total. The van der Waals surface area contributed by atoms with Crippen LogP contribution in [0.25, 0.3) is 0 Å². The Morgan fingerprint density at radius 3 is 2.65 bits per heavy atom. The van der Waals surface area contributed by atoms with E-state index in [1.54, 1.807) is 6.20 Å². The minimum atomic E-state index is -0.0917. The number of hydrogen-bond acceptors (Lipinski definition) is 3. The third kappa shape index (κ3) is 4.53. The second-order valence-electron chi connectivity index (χ2n) is 4.66. The molecule has 1 aromatic heterocycles. The molecule has 94 valence electrons. The Balaban J connectivity index is 2.47. The Morgan fingerprint density at radius 2 is 2.12 bits per heavy atom. The van der Waals surface area contributed by atoms with Gasteiger partial charge in [-0.25, -0.2) is 0 Å². The number of nitrogens with one attached hydrogen (secondary N) is 1. The molecular formula is C13H21N3O. The smallest absolute Gasteiger partial charge is 0.222 e. The van der Waals surface area contributed by atoms with Crippen LogP contribution in [0.1, 0.15) is 38.9 Å². The molecular weight excluding hydrogens is 214 g/mol. The van der Waals surface area contributed by atoms with E-state index in [0.717, 1.165) is 5.69 Å². The zero-order chi connectivity index (χ0) is 12.8. The second-order valence-corrected chi connectivity index (χ2v) is 4.66. The van der Waals surface area contributed by atoms with Gasteiger partial charge in [-0.05, 0) is 25.0 Å². The average Bonchev–Trinajstić information content (AvgIpc) is 2.29. The first kappa shape index (κ1) is 13.6. The van der Waals surface area contributed by atoms with Gasteiger partial charge in [0.05, 0.1) is 11.7 Å². The number of hydrogen-bond donors (Lipinski definition) is 2. The molecule has 0 bridgehead atoms. The number of carbonyl (C=O) groups excluding carboxylic acids is 1.